The van der Waals surface area contributed by atoms with Crippen LogP contribution in [0.2, 0.25) is 0 Å². The number of hydrogen-bond donors (Lipinski definition) is 1. The first kappa shape index (κ1) is 18.9. The Hall–Kier alpha value is -2.84. The van der Waals surface area contributed by atoms with Gasteiger partial charge in [0.15, 0.2) is 0 Å². The molecule has 0 spiro atoms. The molecule has 2 amide bonds. The third-order valence-electron chi connectivity index (χ3n) is 4.60. The minimum Gasteiger partial charge on any atom is -0.481 e. The van der Waals surface area contributed by atoms with Crippen LogP contribution in [0, 0.1) is 13.8 Å². The van der Waals surface area contributed by atoms with Crippen molar-refractivity contribution < 1.29 is 9.53 Å². The molecule has 1 atom stereocenters. The van der Waals surface area contributed by atoms with Crippen LogP contribution in [0.15, 0.2) is 18.3 Å². The first-order chi connectivity index (χ1) is 13.0. The van der Waals surface area contributed by atoms with E-state index in [9.17, 15) is 4.79 Å². The number of nitrogens with zero attached hydrogens (tertiary/aromatic N) is 6. The molecule has 9 nitrogen and oxygen atoms in total. The lowest BCUT2D eigenvalue weighted by molar-refractivity contribution is 0.189. The number of aryl methyl sites for hydroxylation is 2. The molecule has 1 fully saturated rings. The summed E-state index contributed by atoms with van der Waals surface area (Å²) in [6, 6.07) is 3.71. The number of rotatable bonds is 5. The van der Waals surface area contributed by atoms with Crippen LogP contribution >= 0.6 is 0 Å². The van der Waals surface area contributed by atoms with Crippen molar-refractivity contribution in [3.05, 3.63) is 29.7 Å². The second kappa shape index (κ2) is 8.24. The smallest absolute Gasteiger partial charge is 0.317 e. The fourth-order valence-corrected chi connectivity index (χ4v) is 3.17. The van der Waals surface area contributed by atoms with E-state index in [1.807, 2.05) is 36.4 Å². The van der Waals surface area contributed by atoms with Gasteiger partial charge in [-0.2, -0.15) is 10.1 Å². The van der Waals surface area contributed by atoms with Crippen LogP contribution in [-0.2, 0) is 6.54 Å². The molecule has 2 aromatic rings. The summed E-state index contributed by atoms with van der Waals surface area (Å²) >= 11 is 0. The van der Waals surface area contributed by atoms with Gasteiger partial charge in [0.1, 0.15) is 0 Å². The van der Waals surface area contributed by atoms with Crippen LogP contribution in [0.4, 0.5) is 10.7 Å². The quantitative estimate of drug-likeness (QED) is 0.848. The molecule has 3 heterocycles. The van der Waals surface area contributed by atoms with Gasteiger partial charge < -0.3 is 19.9 Å². The zero-order valence-corrected chi connectivity index (χ0v) is 16.3. The lowest BCUT2D eigenvalue weighted by atomic mass is 10.3. The fourth-order valence-electron chi connectivity index (χ4n) is 3.17. The Bertz CT molecular complexity index is 784. The summed E-state index contributed by atoms with van der Waals surface area (Å²) in [4.78, 5) is 25.1. The average molecular weight is 373 g/mol. The second-order valence-corrected chi connectivity index (χ2v) is 6.83. The van der Waals surface area contributed by atoms with E-state index < -0.39 is 0 Å². The molecule has 0 unspecified atom stereocenters. The maximum atomic E-state index is 12.5. The molecule has 146 valence electrons. The van der Waals surface area contributed by atoms with Crippen molar-refractivity contribution in [2.45, 2.75) is 33.4 Å². The predicted molar refractivity (Wildman–Crippen MR) is 102 cm³/mol. The molecule has 9 heteroatoms. The van der Waals surface area contributed by atoms with Gasteiger partial charge in [-0.25, -0.2) is 9.78 Å². The van der Waals surface area contributed by atoms with Gasteiger partial charge in [-0.1, -0.05) is 0 Å². The highest BCUT2D eigenvalue weighted by molar-refractivity contribution is 5.74. The van der Waals surface area contributed by atoms with Crippen molar-refractivity contribution in [3.63, 3.8) is 0 Å². The standard InChI is InChI=1S/C18H27N7O2/c1-13-11-15(3)25(22-13)12-14(2)20-18(26)24-9-7-23(8-10-24)17-19-6-5-16(21-17)27-4/h5-6,11,14H,7-10,12H2,1-4H3,(H,20,26)/t14-/m0/s1. The van der Waals surface area contributed by atoms with Gasteiger partial charge in [0.25, 0.3) is 0 Å². The number of carbonyl (C=O) groups is 1. The van der Waals surface area contributed by atoms with Crippen LogP contribution < -0.4 is 15.0 Å². The first-order valence-corrected chi connectivity index (χ1v) is 9.14. The number of amides is 2. The highest BCUT2D eigenvalue weighted by Gasteiger charge is 2.23. The number of anilines is 1. The Kier molecular flexibility index (Phi) is 5.78. The van der Waals surface area contributed by atoms with E-state index in [1.54, 1.807) is 19.4 Å². The third-order valence-corrected chi connectivity index (χ3v) is 4.60. The molecule has 1 aliphatic rings. The van der Waals surface area contributed by atoms with Gasteiger partial charge in [-0.3, -0.25) is 4.68 Å². The first-order valence-electron chi connectivity index (χ1n) is 9.14. The van der Waals surface area contributed by atoms with E-state index in [0.717, 1.165) is 11.4 Å². The Balaban J connectivity index is 1.50. The van der Waals surface area contributed by atoms with E-state index in [0.29, 0.717) is 44.6 Å². The Morgan fingerprint density at radius 3 is 2.67 bits per heavy atom. The topological polar surface area (TPSA) is 88.4 Å². The lowest BCUT2D eigenvalue weighted by Gasteiger charge is -2.35. The van der Waals surface area contributed by atoms with E-state index in [2.05, 4.69) is 25.3 Å². The summed E-state index contributed by atoms with van der Waals surface area (Å²) in [5, 5.41) is 7.51. The van der Waals surface area contributed by atoms with Crippen molar-refractivity contribution in [2.75, 3.05) is 38.2 Å². The number of hydrogen-bond acceptors (Lipinski definition) is 6. The van der Waals surface area contributed by atoms with E-state index in [4.69, 9.17) is 4.74 Å². The normalized spacial score (nSPS) is 15.6. The van der Waals surface area contributed by atoms with Gasteiger partial charge in [-0.15, -0.1) is 0 Å². The van der Waals surface area contributed by atoms with Gasteiger partial charge in [0.05, 0.1) is 19.3 Å². The lowest BCUT2D eigenvalue weighted by Crippen LogP contribution is -2.54. The average Bonchev–Trinajstić information content (AvgIpc) is 2.98. The minimum atomic E-state index is -0.0461. The predicted octanol–water partition coefficient (Wildman–Crippen LogP) is 1.22. The van der Waals surface area contributed by atoms with Crippen LogP contribution in [0.5, 0.6) is 5.88 Å². The number of ether oxygens (including phenoxy) is 1. The van der Waals surface area contributed by atoms with Gasteiger partial charge in [-0.05, 0) is 26.8 Å². The monoisotopic (exact) mass is 373 g/mol. The molecule has 3 rings (SSSR count). The molecule has 1 saturated heterocycles. The summed E-state index contributed by atoms with van der Waals surface area (Å²) in [5.74, 6) is 1.17. The molecule has 0 saturated carbocycles. The minimum absolute atomic E-state index is 0.00440. The maximum Gasteiger partial charge on any atom is 0.317 e. The van der Waals surface area contributed by atoms with Gasteiger partial charge in [0, 0.05) is 50.2 Å². The maximum absolute atomic E-state index is 12.5. The number of nitrogens with one attached hydrogen (secondary N) is 1. The molecule has 0 radical (unpaired) electrons. The molecule has 1 aliphatic heterocycles. The molecule has 0 aliphatic carbocycles. The van der Waals surface area contributed by atoms with Crippen molar-refractivity contribution in [3.8, 4) is 5.88 Å². The summed E-state index contributed by atoms with van der Waals surface area (Å²) in [6.07, 6.45) is 1.68. The summed E-state index contributed by atoms with van der Waals surface area (Å²) in [7, 11) is 1.58. The van der Waals surface area contributed by atoms with Crippen molar-refractivity contribution in [2.24, 2.45) is 0 Å². The highest BCUT2D eigenvalue weighted by Crippen LogP contribution is 2.14. The van der Waals surface area contributed by atoms with Crippen molar-refractivity contribution in [1.82, 2.24) is 30.0 Å². The van der Waals surface area contributed by atoms with Crippen LogP contribution in [0.25, 0.3) is 0 Å². The Labute approximate surface area is 159 Å². The molecule has 0 bridgehead atoms. The fraction of sp³-hybridized carbons (Fsp3) is 0.556. The SMILES string of the molecule is COc1ccnc(N2CCN(C(=O)N[C@@H](C)Cn3nc(C)cc3C)CC2)n1. The molecule has 27 heavy (non-hydrogen) atoms. The van der Waals surface area contributed by atoms with E-state index >= 15 is 0 Å². The number of carbonyl (C=O) groups excluding carboxylic acids is 1. The third kappa shape index (κ3) is 4.66. The zero-order chi connectivity index (χ0) is 19.4. The number of urea groups is 1. The van der Waals surface area contributed by atoms with Crippen molar-refractivity contribution in [1.29, 1.82) is 0 Å². The highest BCUT2D eigenvalue weighted by atomic mass is 16.5. The van der Waals surface area contributed by atoms with Gasteiger partial charge in [0.2, 0.25) is 11.8 Å². The van der Waals surface area contributed by atoms with Crippen LogP contribution in [0.3, 0.4) is 0 Å². The number of piperazine rings is 1. The molecule has 1 N–H and O–H groups in total. The molecular weight excluding hydrogens is 346 g/mol. The van der Waals surface area contributed by atoms with Crippen LogP contribution in [-0.4, -0.2) is 70.0 Å². The van der Waals surface area contributed by atoms with Gasteiger partial charge >= 0.3 is 6.03 Å². The second-order valence-electron chi connectivity index (χ2n) is 6.83. The Morgan fingerprint density at radius 2 is 2.04 bits per heavy atom. The summed E-state index contributed by atoms with van der Waals surface area (Å²) in [6.45, 7) is 9.27. The van der Waals surface area contributed by atoms with Crippen molar-refractivity contribution >= 4 is 12.0 Å². The largest absolute Gasteiger partial charge is 0.481 e. The summed E-state index contributed by atoms with van der Waals surface area (Å²) in [5.41, 5.74) is 2.09. The molecular formula is C18H27N7O2. The molecule has 0 aromatic carbocycles. The molecule has 2 aromatic heterocycles. The summed E-state index contributed by atoms with van der Waals surface area (Å²) < 4.78 is 7.08. The zero-order valence-electron chi connectivity index (χ0n) is 16.3. The van der Waals surface area contributed by atoms with E-state index in [1.165, 1.54) is 0 Å². The van der Waals surface area contributed by atoms with Crippen LogP contribution in [0.1, 0.15) is 18.3 Å². The number of methoxy groups -OCH3 is 1. The van der Waals surface area contributed by atoms with E-state index in [-0.39, 0.29) is 12.1 Å². The Morgan fingerprint density at radius 1 is 1.30 bits per heavy atom. The number of aromatic nitrogens is 4.